The molecular weight excluding hydrogens is 482 g/mol. The van der Waals surface area contributed by atoms with Crippen molar-refractivity contribution in [2.24, 2.45) is 5.92 Å². The molecule has 37 heavy (non-hydrogen) atoms. The molecule has 2 aliphatic heterocycles. The average molecular weight is 513 g/mol. The molecule has 1 aromatic heterocycles. The maximum absolute atomic E-state index is 14.0. The van der Waals surface area contributed by atoms with Gasteiger partial charge >= 0.3 is 0 Å². The molecule has 10 heteroatoms. The van der Waals surface area contributed by atoms with E-state index in [2.05, 4.69) is 10.2 Å². The van der Waals surface area contributed by atoms with Gasteiger partial charge in [0.2, 0.25) is 5.43 Å². The largest absolute Gasteiger partial charge is 0.503 e. The summed E-state index contributed by atoms with van der Waals surface area (Å²) in [5, 5.41) is 13.3. The van der Waals surface area contributed by atoms with E-state index in [1.54, 1.807) is 0 Å². The minimum absolute atomic E-state index is 0.0584. The predicted molar refractivity (Wildman–Crippen MR) is 130 cm³/mol. The smallest absolute Gasteiger partial charge is 0.276 e. The number of carbonyl (C=O) groups is 2. The second-order valence-corrected chi connectivity index (χ2v) is 10.7. The number of benzene rings is 1. The Morgan fingerprint density at radius 1 is 1.05 bits per heavy atom. The standard InChI is InChI=1S/C27H30F2N4O4/c28-17-7-6-15(20(29)10-17)11-30-26(36)19-13-31-14-22-32(18-8-9-18)12-16-4-2-1-3-5-21(16)33(22)27(37)23(31)25(35)24(19)34/h6-7,10,13,16,18,21-22,35H,1-5,8-9,11-12,14H2,(H,30,36)/t16-,21-,22-/m0/s1. The van der Waals surface area contributed by atoms with E-state index in [1.165, 1.54) is 16.8 Å². The van der Waals surface area contributed by atoms with Gasteiger partial charge in [-0.15, -0.1) is 0 Å². The molecule has 196 valence electrons. The van der Waals surface area contributed by atoms with Crippen molar-refractivity contribution in [1.29, 1.82) is 0 Å². The number of amides is 2. The summed E-state index contributed by atoms with van der Waals surface area (Å²) < 4.78 is 28.7. The number of nitrogens with zero attached hydrogens (tertiary/aromatic N) is 3. The number of fused-ring (bicyclic) bond motifs is 4. The van der Waals surface area contributed by atoms with E-state index in [9.17, 15) is 28.3 Å². The zero-order valence-electron chi connectivity index (χ0n) is 20.5. The van der Waals surface area contributed by atoms with Crippen LogP contribution in [0.4, 0.5) is 8.78 Å². The Bertz CT molecular complexity index is 1320. The van der Waals surface area contributed by atoms with Crippen molar-refractivity contribution in [3.8, 4) is 5.75 Å². The maximum atomic E-state index is 14.0. The molecule has 4 aliphatic rings. The zero-order chi connectivity index (χ0) is 25.8. The Kier molecular flexibility index (Phi) is 6.01. The molecule has 3 fully saturated rings. The molecule has 2 amide bonds. The fourth-order valence-corrected chi connectivity index (χ4v) is 6.41. The Hall–Kier alpha value is -3.27. The molecule has 2 saturated carbocycles. The Morgan fingerprint density at radius 3 is 2.59 bits per heavy atom. The molecular formula is C27H30F2N4O4. The summed E-state index contributed by atoms with van der Waals surface area (Å²) in [6.45, 7) is 1.02. The Labute approximate surface area is 212 Å². The molecule has 0 bridgehead atoms. The van der Waals surface area contributed by atoms with Gasteiger partial charge in [-0.25, -0.2) is 8.78 Å². The highest BCUT2D eigenvalue weighted by atomic mass is 19.1. The van der Waals surface area contributed by atoms with Crippen LogP contribution in [0.1, 0.15) is 71.4 Å². The molecule has 2 aromatic rings. The number of aromatic nitrogens is 1. The molecule has 2 N–H and O–H groups in total. The van der Waals surface area contributed by atoms with Gasteiger partial charge in [-0.05, 0) is 37.7 Å². The summed E-state index contributed by atoms with van der Waals surface area (Å²) in [7, 11) is 0. The van der Waals surface area contributed by atoms with E-state index in [1.807, 2.05) is 4.90 Å². The maximum Gasteiger partial charge on any atom is 0.276 e. The van der Waals surface area contributed by atoms with Gasteiger partial charge in [-0.1, -0.05) is 25.3 Å². The molecule has 8 nitrogen and oxygen atoms in total. The van der Waals surface area contributed by atoms with Crippen molar-refractivity contribution in [1.82, 2.24) is 19.7 Å². The summed E-state index contributed by atoms with van der Waals surface area (Å²) in [4.78, 5) is 44.0. The summed E-state index contributed by atoms with van der Waals surface area (Å²) in [5.74, 6) is -3.08. The number of hydrogen-bond acceptors (Lipinski definition) is 5. The van der Waals surface area contributed by atoms with Gasteiger partial charge < -0.3 is 19.9 Å². The van der Waals surface area contributed by atoms with Crippen LogP contribution in [-0.4, -0.2) is 56.1 Å². The summed E-state index contributed by atoms with van der Waals surface area (Å²) in [5.41, 5.74) is -1.29. The molecule has 2 aliphatic carbocycles. The van der Waals surface area contributed by atoms with Gasteiger partial charge in [-0.3, -0.25) is 19.3 Å². The lowest BCUT2D eigenvalue weighted by Gasteiger charge is -2.54. The van der Waals surface area contributed by atoms with E-state index in [0.717, 1.165) is 57.6 Å². The monoisotopic (exact) mass is 512 g/mol. The van der Waals surface area contributed by atoms with Gasteiger partial charge in [-0.2, -0.15) is 0 Å². The number of aromatic hydroxyl groups is 1. The van der Waals surface area contributed by atoms with Crippen LogP contribution in [0.2, 0.25) is 0 Å². The molecule has 3 atom stereocenters. The van der Waals surface area contributed by atoms with Crippen LogP contribution in [0, 0.1) is 17.6 Å². The molecule has 1 aromatic carbocycles. The predicted octanol–water partition coefficient (Wildman–Crippen LogP) is 2.97. The van der Waals surface area contributed by atoms with Gasteiger partial charge in [0.05, 0.1) is 6.54 Å². The summed E-state index contributed by atoms with van der Waals surface area (Å²) >= 11 is 0. The number of pyridine rings is 1. The van der Waals surface area contributed by atoms with Crippen LogP contribution >= 0.6 is 0 Å². The lowest BCUT2D eigenvalue weighted by atomic mass is 9.87. The van der Waals surface area contributed by atoms with Crippen LogP contribution in [0.15, 0.2) is 29.2 Å². The van der Waals surface area contributed by atoms with Crippen molar-refractivity contribution >= 4 is 11.8 Å². The molecule has 3 heterocycles. The number of hydrogen-bond donors (Lipinski definition) is 2. The van der Waals surface area contributed by atoms with Gasteiger partial charge in [0, 0.05) is 43.0 Å². The molecule has 1 saturated heterocycles. The number of carbonyl (C=O) groups excluding carboxylic acids is 2. The fourth-order valence-electron chi connectivity index (χ4n) is 6.41. The molecule has 0 spiro atoms. The van der Waals surface area contributed by atoms with Crippen LogP contribution < -0.4 is 10.7 Å². The minimum Gasteiger partial charge on any atom is -0.503 e. The minimum atomic E-state index is -0.941. The van der Waals surface area contributed by atoms with Gasteiger partial charge in [0.15, 0.2) is 11.4 Å². The zero-order valence-corrected chi connectivity index (χ0v) is 20.5. The van der Waals surface area contributed by atoms with Gasteiger partial charge in [0.1, 0.15) is 23.4 Å². The van der Waals surface area contributed by atoms with Crippen LogP contribution in [0.5, 0.6) is 5.75 Å². The fraction of sp³-hybridized carbons (Fsp3) is 0.519. The van der Waals surface area contributed by atoms with Crippen molar-refractivity contribution in [2.45, 2.75) is 76.3 Å². The van der Waals surface area contributed by atoms with Gasteiger partial charge in [0.25, 0.3) is 11.8 Å². The second-order valence-electron chi connectivity index (χ2n) is 10.7. The van der Waals surface area contributed by atoms with E-state index < -0.39 is 28.7 Å². The molecule has 0 radical (unpaired) electrons. The third kappa shape index (κ3) is 4.21. The first kappa shape index (κ1) is 24.1. The Morgan fingerprint density at radius 2 is 1.84 bits per heavy atom. The third-order valence-electron chi connectivity index (χ3n) is 8.39. The summed E-state index contributed by atoms with van der Waals surface area (Å²) in [6, 6.07) is 3.51. The van der Waals surface area contributed by atoms with E-state index >= 15 is 0 Å². The van der Waals surface area contributed by atoms with Crippen LogP contribution in [0.3, 0.4) is 0 Å². The van der Waals surface area contributed by atoms with Crippen molar-refractivity contribution in [2.75, 3.05) is 6.54 Å². The average Bonchev–Trinajstić information content (AvgIpc) is 3.72. The first-order chi connectivity index (χ1) is 17.8. The SMILES string of the molecule is O=C(NCc1ccc(F)cc1F)c1cn2c(c(O)c1=O)C(=O)N1[C@H]3CCCCC[C@H]3CN(C3CC3)[C@@H]1C2. The lowest BCUT2D eigenvalue weighted by Crippen LogP contribution is -2.67. The number of nitrogens with one attached hydrogen (secondary N) is 1. The van der Waals surface area contributed by atoms with Crippen molar-refractivity contribution in [3.63, 3.8) is 0 Å². The van der Waals surface area contributed by atoms with Crippen LogP contribution in [0.25, 0.3) is 0 Å². The van der Waals surface area contributed by atoms with Crippen molar-refractivity contribution in [3.05, 3.63) is 63.1 Å². The van der Waals surface area contributed by atoms with E-state index in [0.29, 0.717) is 24.6 Å². The quantitative estimate of drug-likeness (QED) is 0.657. The summed E-state index contributed by atoms with van der Waals surface area (Å²) in [6.07, 6.45) is 8.63. The number of rotatable bonds is 4. The lowest BCUT2D eigenvalue weighted by molar-refractivity contribution is -0.0680. The normalized spacial score (nSPS) is 25.6. The number of halogens is 2. The highest BCUT2D eigenvalue weighted by Crippen LogP contribution is 2.42. The van der Waals surface area contributed by atoms with E-state index in [4.69, 9.17) is 0 Å². The topological polar surface area (TPSA) is 94.9 Å². The first-order valence-electron chi connectivity index (χ1n) is 13.1. The van der Waals surface area contributed by atoms with Crippen molar-refractivity contribution < 1.29 is 23.5 Å². The Balaban J connectivity index is 1.32. The first-order valence-corrected chi connectivity index (χ1v) is 13.1. The second kappa shape index (κ2) is 9.24. The van der Waals surface area contributed by atoms with Crippen LogP contribution in [-0.2, 0) is 13.1 Å². The highest BCUT2D eigenvalue weighted by Gasteiger charge is 2.51. The molecule has 0 unspecified atom stereocenters. The molecule has 6 rings (SSSR count). The highest BCUT2D eigenvalue weighted by molar-refractivity contribution is 5.99. The third-order valence-corrected chi connectivity index (χ3v) is 8.39. The van der Waals surface area contributed by atoms with E-state index in [-0.39, 0.29) is 41.5 Å².